The quantitative estimate of drug-likeness (QED) is 0.129. The minimum Gasteiger partial charge on any atom is -0.481 e. The maximum absolute atomic E-state index is 13.6. The van der Waals surface area contributed by atoms with Crippen molar-refractivity contribution in [1.29, 1.82) is 0 Å². The first-order chi connectivity index (χ1) is 16.0. The third-order valence-electron chi connectivity index (χ3n) is 6.85. The number of halogens is 4. The van der Waals surface area contributed by atoms with E-state index in [-0.39, 0.29) is 24.2 Å². The number of nitrogens with zero attached hydrogens (tertiary/aromatic N) is 1. The lowest BCUT2D eigenvalue weighted by molar-refractivity contribution is -0.138. The number of carboxylic acid groups (broad SMARTS) is 1. The fourth-order valence-electron chi connectivity index (χ4n) is 4.91. The first kappa shape index (κ1) is 28.1. The standard InChI is InChI=1S/C25H35F4NO4/c1-16(8-10-17-12-18(25(27,28)29)14-19(26)13-17)9-11-20-21(23(31)15-22(20)30-34)6-4-2-3-5-7-24(32)33/h12-14,16,20-21,23,31,34H,2-11,15H2,1H3,(H,32,33)/b30-22-/t16-,20?,21+,23-/m0/s1. The summed E-state index contributed by atoms with van der Waals surface area (Å²) in [4.78, 5) is 10.6. The summed E-state index contributed by atoms with van der Waals surface area (Å²) in [5.74, 6) is -1.64. The van der Waals surface area contributed by atoms with E-state index in [1.165, 1.54) is 0 Å². The summed E-state index contributed by atoms with van der Waals surface area (Å²) in [5, 5.41) is 32.0. The Kier molecular flexibility index (Phi) is 10.8. The van der Waals surface area contributed by atoms with Crippen molar-refractivity contribution in [2.24, 2.45) is 22.9 Å². The summed E-state index contributed by atoms with van der Waals surface area (Å²) in [5.41, 5.74) is -0.0888. The summed E-state index contributed by atoms with van der Waals surface area (Å²) >= 11 is 0. The monoisotopic (exact) mass is 489 g/mol. The molecule has 1 fully saturated rings. The molecule has 0 heterocycles. The number of hydrogen-bond donors (Lipinski definition) is 3. The van der Waals surface area contributed by atoms with Crippen LogP contribution in [-0.2, 0) is 17.4 Å². The Morgan fingerprint density at radius 2 is 1.82 bits per heavy atom. The number of hydrogen-bond acceptors (Lipinski definition) is 4. The molecular weight excluding hydrogens is 454 g/mol. The number of aliphatic carboxylic acids is 1. The SMILES string of the molecule is C[C@@H](CCc1cc(F)cc(C(F)(F)F)c1)CCC1/C(=N\O)C[C@H](O)[C@@H]1CCCCCCC(=O)O. The molecule has 5 nitrogen and oxygen atoms in total. The Bertz CT molecular complexity index is 828. The van der Waals surface area contributed by atoms with Crippen LogP contribution >= 0.6 is 0 Å². The van der Waals surface area contributed by atoms with E-state index in [1.54, 1.807) is 0 Å². The van der Waals surface area contributed by atoms with Gasteiger partial charge in [-0.05, 0) is 67.7 Å². The van der Waals surface area contributed by atoms with Crippen LogP contribution in [0.1, 0.15) is 82.3 Å². The van der Waals surface area contributed by atoms with Crippen molar-refractivity contribution in [3.63, 3.8) is 0 Å². The predicted molar refractivity (Wildman–Crippen MR) is 120 cm³/mol. The Morgan fingerprint density at radius 3 is 2.47 bits per heavy atom. The third-order valence-corrected chi connectivity index (χ3v) is 6.85. The van der Waals surface area contributed by atoms with Gasteiger partial charge in [0, 0.05) is 18.8 Å². The second-order valence-electron chi connectivity index (χ2n) is 9.55. The minimum absolute atomic E-state index is 0.0323. The normalized spacial score (nSPS) is 22.9. The van der Waals surface area contributed by atoms with E-state index in [2.05, 4.69) is 5.16 Å². The topological polar surface area (TPSA) is 90.1 Å². The van der Waals surface area contributed by atoms with Gasteiger partial charge < -0.3 is 15.4 Å². The number of oxime groups is 1. The zero-order valence-electron chi connectivity index (χ0n) is 19.5. The minimum atomic E-state index is -4.59. The molecule has 1 aromatic carbocycles. The van der Waals surface area contributed by atoms with Crippen LogP contribution in [0.15, 0.2) is 23.4 Å². The van der Waals surface area contributed by atoms with Crippen LogP contribution in [0.5, 0.6) is 0 Å². The van der Waals surface area contributed by atoms with E-state index in [0.29, 0.717) is 49.4 Å². The molecule has 0 spiro atoms. The van der Waals surface area contributed by atoms with E-state index >= 15 is 0 Å². The van der Waals surface area contributed by atoms with E-state index in [1.807, 2.05) is 6.92 Å². The number of aliphatic hydroxyl groups excluding tert-OH is 1. The highest BCUT2D eigenvalue weighted by atomic mass is 19.4. The summed E-state index contributed by atoms with van der Waals surface area (Å²) in [6.45, 7) is 1.99. The molecule has 1 aliphatic carbocycles. The van der Waals surface area contributed by atoms with Crippen LogP contribution in [0.2, 0.25) is 0 Å². The Morgan fingerprint density at radius 1 is 1.12 bits per heavy atom. The molecule has 34 heavy (non-hydrogen) atoms. The molecule has 0 radical (unpaired) electrons. The molecule has 0 aromatic heterocycles. The van der Waals surface area contributed by atoms with Crippen molar-refractivity contribution in [3.05, 3.63) is 35.1 Å². The number of alkyl halides is 3. The molecule has 0 aliphatic heterocycles. The Balaban J connectivity index is 1.85. The van der Waals surface area contributed by atoms with Gasteiger partial charge in [0.15, 0.2) is 0 Å². The van der Waals surface area contributed by atoms with Gasteiger partial charge >= 0.3 is 12.1 Å². The van der Waals surface area contributed by atoms with Crippen LogP contribution in [-0.4, -0.2) is 33.2 Å². The summed E-state index contributed by atoms with van der Waals surface area (Å²) in [6, 6.07) is 2.63. The van der Waals surface area contributed by atoms with Crippen molar-refractivity contribution < 1.29 is 37.8 Å². The number of aryl methyl sites for hydroxylation is 1. The van der Waals surface area contributed by atoms with Crippen LogP contribution in [0.25, 0.3) is 0 Å². The second kappa shape index (κ2) is 13.1. The molecule has 1 aromatic rings. The molecule has 9 heteroatoms. The first-order valence-electron chi connectivity index (χ1n) is 12.0. The highest BCUT2D eigenvalue weighted by molar-refractivity contribution is 5.89. The molecular formula is C25H35F4NO4. The van der Waals surface area contributed by atoms with Gasteiger partial charge in [-0.2, -0.15) is 13.2 Å². The van der Waals surface area contributed by atoms with Gasteiger partial charge in [0.2, 0.25) is 0 Å². The van der Waals surface area contributed by atoms with Gasteiger partial charge in [-0.15, -0.1) is 0 Å². The highest BCUT2D eigenvalue weighted by Crippen LogP contribution is 2.38. The maximum atomic E-state index is 13.6. The average Bonchev–Trinajstić information content (AvgIpc) is 3.06. The second-order valence-corrected chi connectivity index (χ2v) is 9.55. The number of aliphatic hydroxyl groups is 1. The largest absolute Gasteiger partial charge is 0.481 e. The van der Waals surface area contributed by atoms with Crippen molar-refractivity contribution in [2.75, 3.05) is 0 Å². The van der Waals surface area contributed by atoms with Crippen molar-refractivity contribution in [2.45, 2.75) is 89.8 Å². The van der Waals surface area contributed by atoms with E-state index in [0.717, 1.165) is 44.2 Å². The fourth-order valence-corrected chi connectivity index (χ4v) is 4.91. The third kappa shape index (κ3) is 8.89. The number of carboxylic acids is 1. The summed E-state index contributed by atoms with van der Waals surface area (Å²) < 4.78 is 52.4. The summed E-state index contributed by atoms with van der Waals surface area (Å²) in [6.07, 6.45) is 1.59. The number of carbonyl (C=O) groups is 1. The molecule has 3 N–H and O–H groups in total. The smallest absolute Gasteiger partial charge is 0.416 e. The zero-order valence-corrected chi connectivity index (χ0v) is 19.5. The van der Waals surface area contributed by atoms with Crippen molar-refractivity contribution >= 4 is 11.7 Å². The molecule has 2 rings (SSSR count). The molecule has 192 valence electrons. The molecule has 0 amide bonds. The number of benzene rings is 1. The lowest BCUT2D eigenvalue weighted by atomic mass is 9.83. The van der Waals surface area contributed by atoms with Crippen LogP contribution < -0.4 is 0 Å². The molecule has 0 saturated heterocycles. The Hall–Kier alpha value is -2.16. The Labute approximate surface area is 197 Å². The van der Waals surface area contributed by atoms with Gasteiger partial charge in [-0.25, -0.2) is 4.39 Å². The van der Waals surface area contributed by atoms with E-state index in [9.17, 15) is 32.7 Å². The lowest BCUT2D eigenvalue weighted by Gasteiger charge is -2.23. The molecule has 1 unspecified atom stereocenters. The number of unbranched alkanes of at least 4 members (excludes halogenated alkanes) is 3. The average molecular weight is 490 g/mol. The van der Waals surface area contributed by atoms with E-state index < -0.39 is 29.6 Å². The molecule has 1 saturated carbocycles. The van der Waals surface area contributed by atoms with Crippen molar-refractivity contribution in [3.8, 4) is 0 Å². The van der Waals surface area contributed by atoms with Crippen LogP contribution in [0.3, 0.4) is 0 Å². The van der Waals surface area contributed by atoms with Crippen LogP contribution in [0, 0.1) is 23.6 Å². The van der Waals surface area contributed by atoms with Crippen LogP contribution in [0.4, 0.5) is 17.6 Å². The van der Waals surface area contributed by atoms with Gasteiger partial charge in [-0.3, -0.25) is 4.79 Å². The lowest BCUT2D eigenvalue weighted by Crippen LogP contribution is -2.21. The van der Waals surface area contributed by atoms with Crippen molar-refractivity contribution in [1.82, 2.24) is 0 Å². The molecule has 4 atom stereocenters. The summed E-state index contributed by atoms with van der Waals surface area (Å²) in [7, 11) is 0. The van der Waals surface area contributed by atoms with E-state index in [4.69, 9.17) is 5.11 Å². The van der Waals surface area contributed by atoms with Gasteiger partial charge in [0.1, 0.15) is 5.82 Å². The number of rotatable bonds is 13. The maximum Gasteiger partial charge on any atom is 0.416 e. The zero-order chi connectivity index (χ0) is 25.3. The predicted octanol–water partition coefficient (Wildman–Crippen LogP) is 6.45. The molecule has 0 bridgehead atoms. The molecule has 1 aliphatic rings. The fraction of sp³-hybridized carbons (Fsp3) is 0.680. The first-order valence-corrected chi connectivity index (χ1v) is 12.0. The van der Waals surface area contributed by atoms with Gasteiger partial charge in [0.25, 0.3) is 0 Å². The highest BCUT2D eigenvalue weighted by Gasteiger charge is 2.39. The van der Waals surface area contributed by atoms with Gasteiger partial charge in [-0.1, -0.05) is 37.8 Å². The van der Waals surface area contributed by atoms with Gasteiger partial charge in [0.05, 0.1) is 17.4 Å².